The van der Waals surface area contributed by atoms with Crippen molar-refractivity contribution >= 4 is 17.3 Å². The van der Waals surface area contributed by atoms with Gasteiger partial charge in [-0.1, -0.05) is 24.3 Å². The van der Waals surface area contributed by atoms with Gasteiger partial charge in [-0.05, 0) is 30.3 Å². The number of hydrogen-bond donors (Lipinski definition) is 0. The van der Waals surface area contributed by atoms with Gasteiger partial charge in [-0.15, -0.1) is 0 Å². The van der Waals surface area contributed by atoms with Crippen LogP contribution < -0.4 is 4.74 Å². The maximum Gasteiger partial charge on any atom is 0.417 e. The van der Waals surface area contributed by atoms with E-state index in [1.165, 1.54) is 67.4 Å². The van der Waals surface area contributed by atoms with Crippen LogP contribution in [0.2, 0.25) is 0 Å². The maximum absolute atomic E-state index is 13.7. The van der Waals surface area contributed by atoms with Crippen LogP contribution in [-0.2, 0) is 10.9 Å². The summed E-state index contributed by atoms with van der Waals surface area (Å²) in [6.07, 6.45) is -3.22. The van der Waals surface area contributed by atoms with Gasteiger partial charge in [0, 0.05) is 5.56 Å². The zero-order valence-corrected chi connectivity index (χ0v) is 17.4. The first-order chi connectivity index (χ1) is 15.7. The van der Waals surface area contributed by atoms with Gasteiger partial charge in [0.15, 0.2) is 0 Å². The zero-order valence-electron chi connectivity index (χ0n) is 17.4. The Morgan fingerprint density at radius 1 is 0.939 bits per heavy atom. The molecule has 1 aromatic carbocycles. The third-order valence-corrected chi connectivity index (χ3v) is 4.93. The molecule has 3 heterocycles. The molecule has 0 unspecified atom stereocenters. The Balaban J connectivity index is 1.99. The van der Waals surface area contributed by atoms with Crippen molar-refractivity contribution in [1.82, 2.24) is 14.6 Å². The molecule has 7 nitrogen and oxygen atoms in total. The number of methoxy groups -OCH3 is 2. The van der Waals surface area contributed by atoms with Gasteiger partial charge in [0.2, 0.25) is 5.78 Å². The van der Waals surface area contributed by atoms with Crippen LogP contribution in [0.4, 0.5) is 13.2 Å². The summed E-state index contributed by atoms with van der Waals surface area (Å²) in [5.41, 5.74) is -1.48. The Morgan fingerprint density at radius 3 is 2.36 bits per heavy atom. The van der Waals surface area contributed by atoms with Crippen molar-refractivity contribution < 1.29 is 32.2 Å². The van der Waals surface area contributed by atoms with Crippen molar-refractivity contribution in [3.8, 4) is 17.0 Å². The Labute approximate surface area is 185 Å². The van der Waals surface area contributed by atoms with E-state index in [0.717, 1.165) is 6.07 Å². The highest BCUT2D eigenvalue weighted by atomic mass is 19.4. The molecule has 0 amide bonds. The van der Waals surface area contributed by atoms with Crippen molar-refractivity contribution in [2.24, 2.45) is 0 Å². The third kappa shape index (κ3) is 4.02. The first-order valence-electron chi connectivity index (χ1n) is 9.57. The number of aromatic nitrogens is 3. The number of benzene rings is 1. The number of pyridine rings is 2. The molecule has 0 aliphatic rings. The highest BCUT2D eigenvalue weighted by Crippen LogP contribution is 2.39. The molecule has 0 aliphatic heterocycles. The number of rotatable bonds is 5. The number of alkyl halides is 3. The van der Waals surface area contributed by atoms with E-state index in [4.69, 9.17) is 4.74 Å². The lowest BCUT2D eigenvalue weighted by molar-refractivity contribution is -0.137. The Kier molecular flexibility index (Phi) is 5.59. The van der Waals surface area contributed by atoms with Crippen LogP contribution in [0.3, 0.4) is 0 Å². The lowest BCUT2D eigenvalue weighted by Gasteiger charge is -2.12. The summed E-state index contributed by atoms with van der Waals surface area (Å²) in [6.45, 7) is 0. The number of nitrogens with zero attached hydrogens (tertiary/aromatic N) is 3. The van der Waals surface area contributed by atoms with Crippen LogP contribution in [-0.4, -0.2) is 40.6 Å². The van der Waals surface area contributed by atoms with Crippen LogP contribution in [0.25, 0.3) is 16.8 Å². The van der Waals surface area contributed by atoms with E-state index in [0.29, 0.717) is 5.75 Å². The molecule has 0 N–H and O–H groups in total. The van der Waals surface area contributed by atoms with Gasteiger partial charge < -0.3 is 9.47 Å². The second-order valence-electron chi connectivity index (χ2n) is 6.89. The van der Waals surface area contributed by atoms with Crippen LogP contribution in [0.15, 0.2) is 60.8 Å². The van der Waals surface area contributed by atoms with Crippen LogP contribution in [0.5, 0.6) is 5.75 Å². The van der Waals surface area contributed by atoms with E-state index < -0.39 is 23.5 Å². The third-order valence-electron chi connectivity index (χ3n) is 4.93. The minimum atomic E-state index is -4.67. The fourth-order valence-electron chi connectivity index (χ4n) is 3.41. The number of carbonyl (C=O) groups is 2. The van der Waals surface area contributed by atoms with E-state index in [-0.39, 0.29) is 33.7 Å². The molecule has 0 bridgehead atoms. The fraction of sp³-hybridized carbons (Fsp3) is 0.130. The molecule has 0 spiro atoms. The standard InChI is InChI=1S/C23H16F3N3O4/c1-32-13-10-11-18-19(21(30)16-8-5-9-17(27-16)22(31)33-2)20(28-29(18)12-13)14-6-3-4-7-15(14)23(24,25)26/h3-12H,1-2H3. The van der Waals surface area contributed by atoms with Crippen molar-refractivity contribution in [1.29, 1.82) is 0 Å². The first-order valence-corrected chi connectivity index (χ1v) is 9.57. The van der Waals surface area contributed by atoms with Gasteiger partial charge >= 0.3 is 12.1 Å². The van der Waals surface area contributed by atoms with Gasteiger partial charge in [-0.2, -0.15) is 18.3 Å². The number of carbonyl (C=O) groups excluding carboxylic acids is 2. The van der Waals surface area contributed by atoms with Gasteiger partial charge in [0.25, 0.3) is 0 Å². The summed E-state index contributed by atoms with van der Waals surface area (Å²) < 4.78 is 52.3. The van der Waals surface area contributed by atoms with E-state index >= 15 is 0 Å². The lowest BCUT2D eigenvalue weighted by atomic mass is 9.97. The molecule has 10 heteroatoms. The van der Waals surface area contributed by atoms with Crippen LogP contribution >= 0.6 is 0 Å². The highest BCUT2D eigenvalue weighted by Gasteiger charge is 2.36. The quantitative estimate of drug-likeness (QED) is 0.327. The Hall–Kier alpha value is -4.21. The molecular weight excluding hydrogens is 439 g/mol. The summed E-state index contributed by atoms with van der Waals surface area (Å²) in [7, 11) is 2.60. The molecule has 4 rings (SSSR count). The minimum Gasteiger partial charge on any atom is -0.495 e. The molecule has 0 fully saturated rings. The summed E-state index contributed by atoms with van der Waals surface area (Å²) >= 11 is 0. The SMILES string of the molecule is COC(=O)c1cccc(C(=O)c2c(-c3ccccc3C(F)(F)F)nn3cc(OC)ccc23)n1. The van der Waals surface area contributed by atoms with Crippen LogP contribution in [0.1, 0.15) is 32.1 Å². The largest absolute Gasteiger partial charge is 0.495 e. The Morgan fingerprint density at radius 2 is 1.67 bits per heavy atom. The minimum absolute atomic E-state index is 0.0936. The van der Waals surface area contributed by atoms with Gasteiger partial charge in [-0.25, -0.2) is 14.3 Å². The first kappa shape index (κ1) is 22.0. The molecule has 3 aromatic heterocycles. The summed E-state index contributed by atoms with van der Waals surface area (Å²) in [5, 5.41) is 4.28. The molecular formula is C23H16F3N3O4. The fourth-order valence-corrected chi connectivity index (χ4v) is 3.41. The summed E-state index contributed by atoms with van der Waals surface area (Å²) in [4.78, 5) is 29.4. The van der Waals surface area contributed by atoms with E-state index in [1.54, 1.807) is 6.07 Å². The average molecular weight is 455 g/mol. The normalized spacial score (nSPS) is 11.4. The molecule has 0 radical (unpaired) electrons. The molecule has 0 saturated heterocycles. The molecule has 0 saturated carbocycles. The summed E-state index contributed by atoms with van der Waals surface area (Å²) in [5.74, 6) is -1.06. The molecule has 4 aromatic rings. The highest BCUT2D eigenvalue weighted by molar-refractivity contribution is 6.16. The molecule has 33 heavy (non-hydrogen) atoms. The predicted molar refractivity (Wildman–Crippen MR) is 111 cm³/mol. The number of esters is 1. The topological polar surface area (TPSA) is 82.8 Å². The van der Waals surface area contributed by atoms with Crippen molar-refractivity contribution in [2.75, 3.05) is 14.2 Å². The average Bonchev–Trinajstić information content (AvgIpc) is 3.21. The van der Waals surface area contributed by atoms with E-state index in [2.05, 4.69) is 14.8 Å². The maximum atomic E-state index is 13.7. The second-order valence-corrected chi connectivity index (χ2v) is 6.89. The van der Waals surface area contributed by atoms with Gasteiger partial charge in [-0.3, -0.25) is 4.79 Å². The smallest absolute Gasteiger partial charge is 0.417 e. The van der Waals surface area contributed by atoms with Crippen molar-refractivity contribution in [3.05, 3.63) is 83.3 Å². The van der Waals surface area contributed by atoms with E-state index in [9.17, 15) is 22.8 Å². The van der Waals surface area contributed by atoms with Crippen molar-refractivity contribution in [3.63, 3.8) is 0 Å². The number of ketones is 1. The monoisotopic (exact) mass is 455 g/mol. The molecule has 0 aliphatic carbocycles. The summed E-state index contributed by atoms with van der Waals surface area (Å²) in [6, 6.07) is 12.1. The second kappa shape index (κ2) is 8.38. The predicted octanol–water partition coefficient (Wildman–Crippen LogP) is 4.44. The van der Waals surface area contributed by atoms with Crippen molar-refractivity contribution in [2.45, 2.75) is 6.18 Å². The number of halogens is 3. The van der Waals surface area contributed by atoms with Gasteiger partial charge in [0.05, 0.1) is 37.1 Å². The number of fused-ring (bicyclic) bond motifs is 1. The zero-order chi connectivity index (χ0) is 23.8. The Bertz CT molecular complexity index is 1380. The number of ether oxygens (including phenoxy) is 2. The van der Waals surface area contributed by atoms with Gasteiger partial charge in [0.1, 0.15) is 22.8 Å². The lowest BCUT2D eigenvalue weighted by Crippen LogP contribution is -2.12. The molecule has 168 valence electrons. The van der Waals surface area contributed by atoms with E-state index in [1.807, 2.05) is 0 Å². The molecule has 0 atom stereocenters. The number of hydrogen-bond acceptors (Lipinski definition) is 6. The van der Waals surface area contributed by atoms with Crippen LogP contribution in [0, 0.1) is 0 Å².